The predicted molar refractivity (Wildman–Crippen MR) is 66.9 cm³/mol. The fourth-order valence-corrected chi connectivity index (χ4v) is 4.36. The van der Waals surface area contributed by atoms with Gasteiger partial charge >= 0.3 is 0 Å². The molecule has 0 radical (unpaired) electrons. The summed E-state index contributed by atoms with van der Waals surface area (Å²) < 4.78 is 29.8. The van der Waals surface area contributed by atoms with Gasteiger partial charge in [0.1, 0.15) is 5.75 Å². The quantitative estimate of drug-likeness (QED) is 0.840. The van der Waals surface area contributed by atoms with E-state index in [1.807, 2.05) is 0 Å². The van der Waals surface area contributed by atoms with E-state index in [0.717, 1.165) is 6.42 Å². The average molecular weight is 265 g/mol. The Balaban J connectivity index is 2.33. The van der Waals surface area contributed by atoms with Gasteiger partial charge in [0.15, 0.2) is 9.84 Å². The van der Waals surface area contributed by atoms with E-state index in [2.05, 4.69) is 6.07 Å². The zero-order chi connectivity index (χ0) is 13.2. The highest BCUT2D eigenvalue weighted by Crippen LogP contribution is 2.34. The highest BCUT2D eigenvalue weighted by atomic mass is 32.2. The molecule has 1 aromatic carbocycles. The minimum Gasteiger partial charge on any atom is -0.497 e. The molecule has 0 spiro atoms. The van der Waals surface area contributed by atoms with Crippen LogP contribution in [0.15, 0.2) is 29.2 Å². The third-order valence-corrected chi connectivity index (χ3v) is 5.70. The van der Waals surface area contributed by atoms with Crippen LogP contribution in [0.4, 0.5) is 0 Å². The molecule has 0 saturated heterocycles. The van der Waals surface area contributed by atoms with Gasteiger partial charge in [-0.25, -0.2) is 8.42 Å². The van der Waals surface area contributed by atoms with Gasteiger partial charge in [-0.15, -0.1) is 0 Å². The average Bonchev–Trinajstić information content (AvgIpc) is 2.88. The molecule has 1 saturated carbocycles. The van der Waals surface area contributed by atoms with Crippen molar-refractivity contribution in [3.8, 4) is 11.8 Å². The van der Waals surface area contributed by atoms with Crippen molar-refractivity contribution >= 4 is 9.84 Å². The molecule has 18 heavy (non-hydrogen) atoms. The second-order valence-electron chi connectivity index (χ2n) is 4.43. The van der Waals surface area contributed by atoms with Crippen LogP contribution in [0.25, 0.3) is 0 Å². The van der Waals surface area contributed by atoms with Crippen LogP contribution in [0.5, 0.6) is 5.75 Å². The largest absolute Gasteiger partial charge is 0.497 e. The van der Waals surface area contributed by atoms with E-state index in [9.17, 15) is 8.42 Å². The normalized spacial score (nSPS) is 23.6. The van der Waals surface area contributed by atoms with Crippen LogP contribution in [0.3, 0.4) is 0 Å². The van der Waals surface area contributed by atoms with E-state index < -0.39 is 15.1 Å². The van der Waals surface area contributed by atoms with Crippen molar-refractivity contribution in [1.29, 1.82) is 5.26 Å². The molecule has 0 heterocycles. The van der Waals surface area contributed by atoms with Crippen molar-refractivity contribution in [2.75, 3.05) is 7.11 Å². The van der Waals surface area contributed by atoms with Gasteiger partial charge in [-0.05, 0) is 37.1 Å². The molecule has 5 heteroatoms. The maximum absolute atomic E-state index is 12.4. The molecule has 0 bridgehead atoms. The molecule has 2 unspecified atom stereocenters. The summed E-state index contributed by atoms with van der Waals surface area (Å²) in [5, 5.41) is 8.44. The summed E-state index contributed by atoms with van der Waals surface area (Å²) in [6.07, 6.45) is 2.06. The zero-order valence-corrected chi connectivity index (χ0v) is 11.0. The van der Waals surface area contributed by atoms with Crippen molar-refractivity contribution in [2.24, 2.45) is 5.92 Å². The summed E-state index contributed by atoms with van der Waals surface area (Å²) in [5.74, 6) is 0.245. The predicted octanol–water partition coefficient (Wildman–Crippen LogP) is 2.16. The van der Waals surface area contributed by atoms with Crippen LogP contribution in [0.2, 0.25) is 0 Å². The van der Waals surface area contributed by atoms with Gasteiger partial charge in [0, 0.05) is 0 Å². The second-order valence-corrected chi connectivity index (χ2v) is 6.59. The number of nitrogens with zero attached hydrogens (tertiary/aromatic N) is 1. The van der Waals surface area contributed by atoms with Crippen molar-refractivity contribution < 1.29 is 13.2 Å². The summed E-state index contributed by atoms with van der Waals surface area (Å²) in [6, 6.07) is 8.45. The van der Waals surface area contributed by atoms with Gasteiger partial charge in [0.25, 0.3) is 0 Å². The number of nitriles is 1. The Morgan fingerprint density at radius 2 is 1.94 bits per heavy atom. The molecular formula is C13H15NO3S. The molecule has 0 aromatic heterocycles. The number of methoxy groups -OCH3 is 1. The third kappa shape index (κ3) is 2.21. The number of sulfone groups is 1. The van der Waals surface area contributed by atoms with E-state index in [1.165, 1.54) is 7.11 Å². The summed E-state index contributed by atoms with van der Waals surface area (Å²) >= 11 is 0. The van der Waals surface area contributed by atoms with E-state index in [4.69, 9.17) is 10.00 Å². The van der Waals surface area contributed by atoms with Crippen molar-refractivity contribution in [3.63, 3.8) is 0 Å². The number of benzene rings is 1. The zero-order valence-electron chi connectivity index (χ0n) is 10.2. The molecule has 0 amide bonds. The SMILES string of the molecule is COc1ccc(S(=O)(=O)C2CCCC2C#N)cc1. The maximum atomic E-state index is 12.4. The minimum atomic E-state index is -3.40. The first-order chi connectivity index (χ1) is 8.59. The molecule has 2 atom stereocenters. The standard InChI is InChI=1S/C13H15NO3S/c1-17-11-5-7-12(8-6-11)18(15,16)13-4-2-3-10(13)9-14/h5-8,10,13H,2-4H2,1H3. The number of hydrogen-bond acceptors (Lipinski definition) is 4. The third-order valence-electron chi connectivity index (χ3n) is 3.40. The first-order valence-electron chi connectivity index (χ1n) is 5.87. The highest BCUT2D eigenvalue weighted by molar-refractivity contribution is 7.92. The highest BCUT2D eigenvalue weighted by Gasteiger charge is 2.38. The van der Waals surface area contributed by atoms with E-state index in [1.54, 1.807) is 24.3 Å². The molecule has 0 aliphatic heterocycles. The monoisotopic (exact) mass is 265 g/mol. The van der Waals surface area contributed by atoms with E-state index >= 15 is 0 Å². The lowest BCUT2D eigenvalue weighted by atomic mass is 10.1. The molecule has 1 aliphatic rings. The Bertz CT molecular complexity index is 557. The van der Waals surface area contributed by atoms with E-state index in [-0.39, 0.29) is 10.8 Å². The van der Waals surface area contributed by atoms with Crippen molar-refractivity contribution in [2.45, 2.75) is 29.4 Å². The van der Waals surface area contributed by atoms with Gasteiger partial charge in [-0.2, -0.15) is 5.26 Å². The van der Waals surface area contributed by atoms with Crippen molar-refractivity contribution in [3.05, 3.63) is 24.3 Å². The Kier molecular flexibility index (Phi) is 3.58. The Hall–Kier alpha value is -1.54. The Morgan fingerprint density at radius 1 is 1.28 bits per heavy atom. The first-order valence-corrected chi connectivity index (χ1v) is 7.42. The van der Waals surface area contributed by atoms with Crippen LogP contribution in [-0.2, 0) is 9.84 Å². The molecule has 1 aliphatic carbocycles. The molecule has 4 nitrogen and oxygen atoms in total. The number of ether oxygens (including phenoxy) is 1. The fourth-order valence-electron chi connectivity index (χ4n) is 2.39. The topological polar surface area (TPSA) is 67.2 Å². The van der Waals surface area contributed by atoms with Crippen LogP contribution in [-0.4, -0.2) is 20.8 Å². The van der Waals surface area contributed by atoms with Crippen LogP contribution < -0.4 is 4.74 Å². The Morgan fingerprint density at radius 3 is 2.50 bits per heavy atom. The molecular weight excluding hydrogens is 250 g/mol. The summed E-state index contributed by atoms with van der Waals surface area (Å²) in [5.41, 5.74) is 0. The lowest BCUT2D eigenvalue weighted by Gasteiger charge is -2.14. The number of rotatable bonds is 3. The minimum absolute atomic E-state index is 0.274. The van der Waals surface area contributed by atoms with Gasteiger partial charge in [-0.1, -0.05) is 6.42 Å². The summed E-state index contributed by atoms with van der Waals surface area (Å²) in [6.45, 7) is 0. The van der Waals surface area contributed by atoms with Gasteiger partial charge in [0.2, 0.25) is 0 Å². The summed E-state index contributed by atoms with van der Waals surface area (Å²) in [4.78, 5) is 0.274. The summed E-state index contributed by atoms with van der Waals surface area (Å²) in [7, 11) is -1.87. The Labute approximate surface area is 107 Å². The van der Waals surface area contributed by atoms with Gasteiger partial charge in [-0.3, -0.25) is 0 Å². The maximum Gasteiger partial charge on any atom is 0.182 e. The van der Waals surface area contributed by atoms with Gasteiger partial charge in [0.05, 0.1) is 29.2 Å². The van der Waals surface area contributed by atoms with Crippen LogP contribution in [0, 0.1) is 17.2 Å². The lowest BCUT2D eigenvalue weighted by Crippen LogP contribution is -2.24. The van der Waals surface area contributed by atoms with Crippen molar-refractivity contribution in [1.82, 2.24) is 0 Å². The second kappa shape index (κ2) is 4.99. The van der Waals surface area contributed by atoms with Crippen LogP contribution in [0.1, 0.15) is 19.3 Å². The van der Waals surface area contributed by atoms with E-state index in [0.29, 0.717) is 18.6 Å². The van der Waals surface area contributed by atoms with Crippen LogP contribution >= 0.6 is 0 Å². The number of hydrogen-bond donors (Lipinski definition) is 0. The molecule has 1 aromatic rings. The molecule has 2 rings (SSSR count). The molecule has 96 valence electrons. The molecule has 1 fully saturated rings. The smallest absolute Gasteiger partial charge is 0.182 e. The first kappa shape index (κ1) is 12.9. The van der Waals surface area contributed by atoms with Gasteiger partial charge < -0.3 is 4.74 Å². The molecule has 0 N–H and O–H groups in total. The fraction of sp³-hybridized carbons (Fsp3) is 0.462. The lowest BCUT2D eigenvalue weighted by molar-refractivity contribution is 0.414.